The summed E-state index contributed by atoms with van der Waals surface area (Å²) in [6, 6.07) is 7.92. The summed E-state index contributed by atoms with van der Waals surface area (Å²) in [5, 5.41) is 0.120. The molecule has 1 aromatic heterocycles. The van der Waals surface area contributed by atoms with Gasteiger partial charge in [0.25, 0.3) is 9.84 Å². The molecule has 0 aliphatic heterocycles. The number of aromatic nitrogens is 1. The molecule has 3 nitrogen and oxygen atoms in total. The summed E-state index contributed by atoms with van der Waals surface area (Å²) in [5.74, 6) is 0. The van der Waals surface area contributed by atoms with E-state index in [0.717, 1.165) is 18.2 Å². The third-order valence-electron chi connectivity index (χ3n) is 3.35. The highest BCUT2D eigenvalue weighted by atomic mass is 35.5. The Morgan fingerprint density at radius 2 is 1.67 bits per heavy atom. The number of hydrogen-bond acceptors (Lipinski definition) is 3. The van der Waals surface area contributed by atoms with Crippen LogP contribution in [0.2, 0.25) is 5.02 Å². The van der Waals surface area contributed by atoms with Gasteiger partial charge >= 0.3 is 5.51 Å². The fourth-order valence-corrected chi connectivity index (χ4v) is 3.01. The molecular formula is C16H15ClF3NO2S. The molecule has 0 radical (unpaired) electrons. The Bertz CT molecular complexity index is 872. The van der Waals surface area contributed by atoms with Crippen LogP contribution in [0.4, 0.5) is 13.2 Å². The number of halogens is 4. The molecule has 1 aromatic carbocycles. The van der Waals surface area contributed by atoms with Gasteiger partial charge < -0.3 is 0 Å². The lowest BCUT2D eigenvalue weighted by atomic mass is 9.91. The Balaban J connectivity index is 2.63. The number of benzene rings is 1. The van der Waals surface area contributed by atoms with Crippen LogP contribution in [-0.4, -0.2) is 18.9 Å². The summed E-state index contributed by atoms with van der Waals surface area (Å²) < 4.78 is 61.4. The average molecular weight is 378 g/mol. The second-order valence-electron chi connectivity index (χ2n) is 6.25. The maximum Gasteiger partial charge on any atom is 0.501 e. The molecule has 0 unspecified atom stereocenters. The van der Waals surface area contributed by atoms with Crippen molar-refractivity contribution in [3.8, 4) is 11.3 Å². The Hall–Kier alpha value is -1.60. The standard InChI is InChI=1S/C16H15ClF3NO2S/c1-15(2,3)14-6-4-5-13(21-14)11-9-10(7-8-12(11)17)24(22,23)16(18,19)20/h4-9H,1-3H3. The first-order chi connectivity index (χ1) is 10.8. The molecule has 0 saturated heterocycles. The van der Waals surface area contributed by atoms with Gasteiger partial charge in [0, 0.05) is 16.7 Å². The molecule has 0 aliphatic carbocycles. The van der Waals surface area contributed by atoms with Crippen LogP contribution in [0.1, 0.15) is 26.5 Å². The van der Waals surface area contributed by atoms with Gasteiger partial charge in [-0.25, -0.2) is 8.42 Å². The quantitative estimate of drug-likeness (QED) is 0.740. The number of pyridine rings is 1. The highest BCUT2D eigenvalue weighted by Crippen LogP contribution is 2.35. The number of nitrogens with zero attached hydrogens (tertiary/aromatic N) is 1. The second-order valence-corrected chi connectivity index (χ2v) is 8.60. The topological polar surface area (TPSA) is 47.0 Å². The van der Waals surface area contributed by atoms with Crippen LogP contribution in [-0.2, 0) is 15.3 Å². The molecule has 0 atom stereocenters. The van der Waals surface area contributed by atoms with E-state index in [9.17, 15) is 21.6 Å². The van der Waals surface area contributed by atoms with Gasteiger partial charge in [0.15, 0.2) is 0 Å². The fraction of sp³-hybridized carbons (Fsp3) is 0.312. The van der Waals surface area contributed by atoms with Crippen LogP contribution in [0, 0.1) is 0 Å². The van der Waals surface area contributed by atoms with E-state index in [0.29, 0.717) is 11.4 Å². The first kappa shape index (κ1) is 18.7. The Morgan fingerprint density at radius 3 is 2.21 bits per heavy atom. The lowest BCUT2D eigenvalue weighted by molar-refractivity contribution is -0.0435. The minimum Gasteiger partial charge on any atom is -0.252 e. The van der Waals surface area contributed by atoms with Crippen LogP contribution in [0.25, 0.3) is 11.3 Å². The largest absolute Gasteiger partial charge is 0.501 e. The number of hydrogen-bond donors (Lipinski definition) is 0. The maximum atomic E-state index is 12.7. The van der Waals surface area contributed by atoms with Crippen molar-refractivity contribution in [2.24, 2.45) is 0 Å². The number of sulfone groups is 1. The van der Waals surface area contributed by atoms with E-state index in [1.807, 2.05) is 20.8 Å². The molecule has 1 heterocycles. The van der Waals surface area contributed by atoms with Crippen molar-refractivity contribution in [3.63, 3.8) is 0 Å². The van der Waals surface area contributed by atoms with Gasteiger partial charge in [-0.05, 0) is 30.3 Å². The van der Waals surface area contributed by atoms with E-state index in [1.54, 1.807) is 18.2 Å². The predicted octanol–water partition coefficient (Wildman–Crippen LogP) is 4.99. The Kier molecular flexibility index (Phi) is 4.71. The lowest BCUT2D eigenvalue weighted by Gasteiger charge is -2.18. The number of rotatable bonds is 2. The number of alkyl halides is 3. The molecule has 2 rings (SSSR count). The first-order valence-electron chi connectivity index (χ1n) is 6.93. The van der Waals surface area contributed by atoms with Gasteiger partial charge in [0.05, 0.1) is 15.6 Å². The van der Waals surface area contributed by atoms with Crippen molar-refractivity contribution in [3.05, 3.63) is 47.1 Å². The molecule has 8 heteroatoms. The summed E-state index contributed by atoms with van der Waals surface area (Å²) >= 11 is 6.05. The van der Waals surface area contributed by atoms with E-state index in [4.69, 9.17) is 11.6 Å². The average Bonchev–Trinajstić information content (AvgIpc) is 2.45. The van der Waals surface area contributed by atoms with Crippen LogP contribution >= 0.6 is 11.6 Å². The van der Waals surface area contributed by atoms with Gasteiger partial charge in [0.1, 0.15) is 0 Å². The summed E-state index contributed by atoms with van der Waals surface area (Å²) in [6.45, 7) is 5.81. The summed E-state index contributed by atoms with van der Waals surface area (Å²) in [7, 11) is -5.45. The van der Waals surface area contributed by atoms with Crippen LogP contribution in [0.3, 0.4) is 0 Å². The van der Waals surface area contributed by atoms with Crippen LogP contribution < -0.4 is 0 Å². The van der Waals surface area contributed by atoms with E-state index in [-0.39, 0.29) is 16.0 Å². The Morgan fingerprint density at radius 1 is 1.04 bits per heavy atom. The van der Waals surface area contributed by atoms with Crippen molar-refractivity contribution in [1.82, 2.24) is 4.98 Å². The summed E-state index contributed by atoms with van der Waals surface area (Å²) in [4.78, 5) is 3.54. The zero-order valence-corrected chi connectivity index (χ0v) is 14.7. The van der Waals surface area contributed by atoms with E-state index in [1.165, 1.54) is 0 Å². The molecule has 0 fully saturated rings. The first-order valence-corrected chi connectivity index (χ1v) is 8.79. The highest BCUT2D eigenvalue weighted by Gasteiger charge is 2.47. The normalized spacial score (nSPS) is 13.1. The molecule has 0 saturated carbocycles. The van der Waals surface area contributed by atoms with Crippen LogP contribution in [0.15, 0.2) is 41.3 Å². The molecule has 130 valence electrons. The van der Waals surface area contributed by atoms with Gasteiger partial charge in [0.2, 0.25) is 0 Å². The third-order valence-corrected chi connectivity index (χ3v) is 5.16. The molecule has 0 N–H and O–H groups in total. The zero-order valence-electron chi connectivity index (χ0n) is 13.1. The molecule has 0 spiro atoms. The van der Waals surface area contributed by atoms with Crippen molar-refractivity contribution >= 4 is 21.4 Å². The fourth-order valence-electron chi connectivity index (χ4n) is 2.00. The van der Waals surface area contributed by atoms with Crippen molar-refractivity contribution in [2.75, 3.05) is 0 Å². The van der Waals surface area contributed by atoms with E-state index in [2.05, 4.69) is 4.98 Å². The van der Waals surface area contributed by atoms with Gasteiger partial charge in [-0.3, -0.25) is 4.98 Å². The Labute approximate surface area is 143 Å². The van der Waals surface area contributed by atoms with E-state index >= 15 is 0 Å². The van der Waals surface area contributed by atoms with Crippen LogP contribution in [0.5, 0.6) is 0 Å². The smallest absolute Gasteiger partial charge is 0.252 e. The zero-order chi connectivity index (χ0) is 18.3. The minimum atomic E-state index is -5.45. The second kappa shape index (κ2) is 6.04. The van der Waals surface area contributed by atoms with Gasteiger partial charge in [-0.15, -0.1) is 0 Å². The maximum absolute atomic E-state index is 12.7. The molecule has 24 heavy (non-hydrogen) atoms. The summed E-state index contributed by atoms with van der Waals surface area (Å²) in [6.07, 6.45) is 0. The van der Waals surface area contributed by atoms with Crippen molar-refractivity contribution in [1.29, 1.82) is 0 Å². The summed E-state index contributed by atoms with van der Waals surface area (Å²) in [5.41, 5.74) is -4.50. The van der Waals surface area contributed by atoms with Gasteiger partial charge in [-0.1, -0.05) is 38.4 Å². The molecule has 0 amide bonds. The van der Waals surface area contributed by atoms with Crippen molar-refractivity contribution < 1.29 is 21.6 Å². The molecule has 2 aromatic rings. The molecule has 0 bridgehead atoms. The lowest BCUT2D eigenvalue weighted by Crippen LogP contribution is -2.23. The third kappa shape index (κ3) is 3.57. The van der Waals surface area contributed by atoms with Gasteiger partial charge in [-0.2, -0.15) is 13.2 Å². The SMILES string of the molecule is CC(C)(C)c1cccc(-c2cc(S(=O)(=O)C(F)(F)F)ccc2Cl)n1. The molecular weight excluding hydrogens is 363 g/mol. The van der Waals surface area contributed by atoms with Crippen molar-refractivity contribution in [2.45, 2.75) is 36.6 Å². The molecule has 0 aliphatic rings. The monoisotopic (exact) mass is 377 g/mol. The van der Waals surface area contributed by atoms with E-state index < -0.39 is 20.2 Å². The predicted molar refractivity (Wildman–Crippen MR) is 86.6 cm³/mol. The highest BCUT2D eigenvalue weighted by molar-refractivity contribution is 7.92. The minimum absolute atomic E-state index is 0.120.